The predicted octanol–water partition coefficient (Wildman–Crippen LogP) is 7.24. The standard InChI is InChI=1S/C21H45O2P/c1-9-13-16-24(23-19-22,17-14-10-2,18-15-11-3)21(7,8)20(5,6)12-4/h19H,9-18H2,1-8H3. The maximum absolute atomic E-state index is 11.8. The van der Waals surface area contributed by atoms with Gasteiger partial charge in [-0.25, -0.2) is 0 Å². The molecule has 0 spiro atoms. The summed E-state index contributed by atoms with van der Waals surface area (Å²) in [4.78, 5) is 11.8. The number of carbonyl (C=O) groups excluding carboxylic acids is 1. The van der Waals surface area contributed by atoms with E-state index in [9.17, 15) is 4.79 Å². The number of hydrogen-bond donors (Lipinski definition) is 0. The molecular weight excluding hydrogens is 315 g/mol. The van der Waals surface area contributed by atoms with Gasteiger partial charge in [0.05, 0.1) is 0 Å². The second kappa shape index (κ2) is 9.56. The number of unbranched alkanes of at least 4 members (excludes halogenated alkanes) is 3. The first-order chi connectivity index (χ1) is 11.1. The molecule has 0 radical (unpaired) electrons. The normalized spacial score (nSPS) is 14.9. The molecule has 0 amide bonds. The number of rotatable bonds is 14. The van der Waals surface area contributed by atoms with Crippen molar-refractivity contribution in [1.82, 2.24) is 0 Å². The zero-order valence-electron chi connectivity index (χ0n) is 17.9. The van der Waals surface area contributed by atoms with E-state index in [-0.39, 0.29) is 10.6 Å². The van der Waals surface area contributed by atoms with Gasteiger partial charge in [0.1, 0.15) is 0 Å². The van der Waals surface area contributed by atoms with Crippen molar-refractivity contribution in [1.29, 1.82) is 0 Å². The molecule has 0 N–H and O–H groups in total. The van der Waals surface area contributed by atoms with Crippen LogP contribution in [0.15, 0.2) is 0 Å². The van der Waals surface area contributed by atoms with Crippen LogP contribution in [-0.4, -0.2) is 30.1 Å². The van der Waals surface area contributed by atoms with Crippen LogP contribution in [0, 0.1) is 5.41 Å². The molecule has 0 saturated heterocycles. The van der Waals surface area contributed by atoms with Gasteiger partial charge in [-0.2, -0.15) is 0 Å². The van der Waals surface area contributed by atoms with E-state index < -0.39 is 6.83 Å². The van der Waals surface area contributed by atoms with E-state index in [0.717, 1.165) is 31.4 Å². The Hall–Kier alpha value is -0.100. The summed E-state index contributed by atoms with van der Waals surface area (Å²) in [7, 11) is 0. The van der Waals surface area contributed by atoms with Crippen LogP contribution >= 0.6 is 6.83 Å². The summed E-state index contributed by atoms with van der Waals surface area (Å²) in [5, 5.41) is 0.0355. The SMILES string of the molecule is CCCCP(CCCC)(CCCC)(OC=O)C(C)(C)C(C)(C)CC. The van der Waals surface area contributed by atoms with Gasteiger partial charge in [-0.05, 0) is 0 Å². The molecule has 0 saturated carbocycles. The Kier molecular flexibility index (Phi) is 9.52. The average Bonchev–Trinajstić information content (AvgIpc) is 2.56. The number of hydrogen-bond acceptors (Lipinski definition) is 2. The monoisotopic (exact) mass is 360 g/mol. The van der Waals surface area contributed by atoms with Gasteiger partial charge in [0.25, 0.3) is 0 Å². The topological polar surface area (TPSA) is 26.3 Å². The van der Waals surface area contributed by atoms with E-state index in [4.69, 9.17) is 4.52 Å². The Morgan fingerprint density at radius 1 is 0.792 bits per heavy atom. The van der Waals surface area contributed by atoms with Crippen LogP contribution in [0.3, 0.4) is 0 Å². The summed E-state index contributed by atoms with van der Waals surface area (Å²) in [6.07, 6.45) is 11.5. The first kappa shape index (κ1) is 23.9. The van der Waals surface area contributed by atoms with Crippen LogP contribution < -0.4 is 0 Å². The molecule has 0 bridgehead atoms. The zero-order valence-corrected chi connectivity index (χ0v) is 18.8. The van der Waals surface area contributed by atoms with Crippen LogP contribution in [0.5, 0.6) is 0 Å². The van der Waals surface area contributed by atoms with Crippen LogP contribution in [-0.2, 0) is 9.32 Å². The van der Waals surface area contributed by atoms with Gasteiger partial charge in [-0.1, -0.05) is 0 Å². The van der Waals surface area contributed by atoms with Crippen molar-refractivity contribution in [2.24, 2.45) is 5.41 Å². The Balaban J connectivity index is 6.44. The third kappa shape index (κ3) is 4.35. The van der Waals surface area contributed by atoms with Crippen LogP contribution in [0.25, 0.3) is 0 Å². The predicted molar refractivity (Wildman–Crippen MR) is 112 cm³/mol. The van der Waals surface area contributed by atoms with Crippen molar-refractivity contribution < 1.29 is 9.32 Å². The van der Waals surface area contributed by atoms with Crippen molar-refractivity contribution in [3.63, 3.8) is 0 Å². The van der Waals surface area contributed by atoms with E-state index in [1.807, 2.05) is 0 Å². The van der Waals surface area contributed by atoms with Crippen molar-refractivity contribution in [2.75, 3.05) is 18.5 Å². The fourth-order valence-corrected chi connectivity index (χ4v) is 12.3. The molecule has 0 aliphatic rings. The molecule has 0 aliphatic carbocycles. The molecule has 2 nitrogen and oxygen atoms in total. The van der Waals surface area contributed by atoms with Crippen molar-refractivity contribution in [2.45, 2.75) is 105 Å². The summed E-state index contributed by atoms with van der Waals surface area (Å²) in [5.74, 6) is 0. The molecule has 0 unspecified atom stereocenters. The van der Waals surface area contributed by atoms with Gasteiger partial charge < -0.3 is 0 Å². The quantitative estimate of drug-likeness (QED) is 0.241. The van der Waals surface area contributed by atoms with E-state index in [2.05, 4.69) is 55.4 Å². The molecule has 0 aromatic carbocycles. The molecule has 24 heavy (non-hydrogen) atoms. The van der Waals surface area contributed by atoms with Crippen LogP contribution in [0.4, 0.5) is 0 Å². The Labute approximate surface area is 152 Å². The van der Waals surface area contributed by atoms with Crippen LogP contribution in [0.1, 0.15) is 100 Å². The minimum absolute atomic E-state index is 0.0355. The number of carbonyl (C=O) groups is 1. The van der Waals surface area contributed by atoms with E-state index in [0.29, 0.717) is 0 Å². The van der Waals surface area contributed by atoms with E-state index >= 15 is 0 Å². The Morgan fingerprint density at radius 3 is 1.42 bits per heavy atom. The van der Waals surface area contributed by atoms with Crippen molar-refractivity contribution in [3.8, 4) is 0 Å². The molecule has 0 atom stereocenters. The average molecular weight is 361 g/mol. The first-order valence-electron chi connectivity index (χ1n) is 10.3. The van der Waals surface area contributed by atoms with Crippen LogP contribution in [0.2, 0.25) is 0 Å². The van der Waals surface area contributed by atoms with E-state index in [1.165, 1.54) is 38.5 Å². The summed E-state index contributed by atoms with van der Waals surface area (Å²) in [5.41, 5.74) is 0.156. The first-order valence-corrected chi connectivity index (χ1v) is 13.0. The third-order valence-corrected chi connectivity index (χ3v) is 15.5. The zero-order chi connectivity index (χ0) is 18.9. The molecule has 0 aliphatic heterocycles. The fourth-order valence-electron chi connectivity index (χ4n) is 4.35. The molecule has 0 fully saturated rings. The Bertz CT molecular complexity index is 350. The summed E-state index contributed by atoms with van der Waals surface area (Å²) >= 11 is 0. The second-order valence-corrected chi connectivity index (χ2v) is 14.8. The van der Waals surface area contributed by atoms with Gasteiger partial charge in [0, 0.05) is 0 Å². The van der Waals surface area contributed by atoms with Crippen molar-refractivity contribution in [3.05, 3.63) is 0 Å². The van der Waals surface area contributed by atoms with Gasteiger partial charge in [-0.15, -0.1) is 0 Å². The molecule has 0 rings (SSSR count). The second-order valence-electron chi connectivity index (χ2n) is 8.85. The minimum atomic E-state index is -2.66. The van der Waals surface area contributed by atoms with Gasteiger partial charge >= 0.3 is 152 Å². The molecular formula is C21H45O2P. The van der Waals surface area contributed by atoms with Gasteiger partial charge in [-0.3, -0.25) is 0 Å². The van der Waals surface area contributed by atoms with Gasteiger partial charge in [0.2, 0.25) is 0 Å². The molecule has 0 aromatic heterocycles. The summed E-state index contributed by atoms with van der Waals surface area (Å²) < 4.78 is 6.43. The Morgan fingerprint density at radius 2 is 1.17 bits per heavy atom. The van der Waals surface area contributed by atoms with E-state index in [1.54, 1.807) is 0 Å². The third-order valence-electron chi connectivity index (χ3n) is 7.37. The molecule has 3 heteroatoms. The summed E-state index contributed by atoms with van der Waals surface area (Å²) in [6, 6.07) is 0. The van der Waals surface area contributed by atoms with Crippen molar-refractivity contribution >= 4 is 13.3 Å². The molecule has 0 aromatic rings. The summed E-state index contributed by atoms with van der Waals surface area (Å²) in [6.45, 7) is 16.8. The maximum atomic E-state index is 11.8. The molecule has 146 valence electrons. The molecule has 0 heterocycles. The fraction of sp³-hybridized carbons (Fsp3) is 0.952. The van der Waals surface area contributed by atoms with Gasteiger partial charge in [0.15, 0.2) is 0 Å².